The van der Waals surface area contributed by atoms with E-state index in [4.69, 9.17) is 0 Å². The van der Waals surface area contributed by atoms with Crippen molar-refractivity contribution in [1.29, 1.82) is 0 Å². The fourth-order valence-corrected chi connectivity index (χ4v) is 2.36. The van der Waals surface area contributed by atoms with Gasteiger partial charge in [-0.2, -0.15) is 0 Å². The molecule has 2 heterocycles. The summed E-state index contributed by atoms with van der Waals surface area (Å²) in [6.45, 7) is 4.58. The number of amides is 1. The minimum Gasteiger partial charge on any atom is -0.391 e. The highest BCUT2D eigenvalue weighted by atomic mass is 16.3. The maximum Gasteiger partial charge on any atom is 0.255 e. The van der Waals surface area contributed by atoms with Gasteiger partial charge in [0.2, 0.25) is 0 Å². The van der Waals surface area contributed by atoms with E-state index >= 15 is 0 Å². The van der Waals surface area contributed by atoms with Gasteiger partial charge in [0.1, 0.15) is 0 Å². The monoisotopic (exact) mass is 234 g/mol. The number of nitrogens with zero attached hydrogens (tertiary/aromatic N) is 2. The van der Waals surface area contributed by atoms with Crippen LogP contribution in [-0.4, -0.2) is 39.6 Å². The molecule has 1 amide bonds. The quantitative estimate of drug-likeness (QED) is 0.839. The summed E-state index contributed by atoms with van der Waals surface area (Å²) in [5, 5.41) is 9.71. The minimum atomic E-state index is -0.400. The third kappa shape index (κ3) is 2.47. The number of rotatable bonds is 2. The molecular formula is C13H18N2O2. The standard InChI is InChI=1S/C13H18N2O2/c1-9(2)12-6-11(16)8-15(12)13(17)10-4-3-5-14-7-10/h3-5,7,9,11-12,16H,6,8H2,1-2H3/t11-,12+/m1/s1. The van der Waals surface area contributed by atoms with Crippen molar-refractivity contribution in [2.45, 2.75) is 32.4 Å². The highest BCUT2D eigenvalue weighted by molar-refractivity contribution is 5.94. The van der Waals surface area contributed by atoms with E-state index in [2.05, 4.69) is 18.8 Å². The van der Waals surface area contributed by atoms with Gasteiger partial charge in [-0.1, -0.05) is 13.8 Å². The van der Waals surface area contributed by atoms with Gasteiger partial charge in [-0.15, -0.1) is 0 Å². The van der Waals surface area contributed by atoms with Crippen molar-refractivity contribution in [3.63, 3.8) is 0 Å². The molecule has 1 aliphatic rings. The molecule has 0 aromatic carbocycles. The molecule has 0 unspecified atom stereocenters. The zero-order valence-electron chi connectivity index (χ0n) is 10.2. The number of likely N-dealkylation sites (tertiary alicyclic amines) is 1. The molecular weight excluding hydrogens is 216 g/mol. The van der Waals surface area contributed by atoms with Crippen LogP contribution in [0.2, 0.25) is 0 Å². The lowest BCUT2D eigenvalue weighted by Crippen LogP contribution is -2.38. The first-order valence-electron chi connectivity index (χ1n) is 5.98. The fraction of sp³-hybridized carbons (Fsp3) is 0.538. The molecule has 0 aliphatic carbocycles. The average Bonchev–Trinajstić information content (AvgIpc) is 2.72. The molecule has 0 saturated carbocycles. The van der Waals surface area contributed by atoms with Gasteiger partial charge in [-0.05, 0) is 24.5 Å². The maximum atomic E-state index is 12.3. The number of aliphatic hydroxyl groups excluding tert-OH is 1. The van der Waals surface area contributed by atoms with Gasteiger partial charge in [-0.25, -0.2) is 0 Å². The number of hydrogen-bond acceptors (Lipinski definition) is 3. The van der Waals surface area contributed by atoms with E-state index in [1.165, 1.54) is 0 Å². The normalized spacial score (nSPS) is 24.4. The molecule has 1 fully saturated rings. The van der Waals surface area contributed by atoms with Crippen LogP contribution in [0.3, 0.4) is 0 Å². The molecule has 92 valence electrons. The van der Waals surface area contributed by atoms with Gasteiger partial charge in [-0.3, -0.25) is 9.78 Å². The van der Waals surface area contributed by atoms with Crippen LogP contribution in [-0.2, 0) is 0 Å². The Balaban J connectivity index is 2.19. The second-order valence-corrected chi connectivity index (χ2v) is 4.90. The number of carbonyl (C=O) groups excluding carboxylic acids is 1. The maximum absolute atomic E-state index is 12.3. The predicted octanol–water partition coefficient (Wildman–Crippen LogP) is 1.31. The summed E-state index contributed by atoms with van der Waals surface area (Å²) in [5.74, 6) is 0.320. The van der Waals surface area contributed by atoms with Crippen molar-refractivity contribution in [2.24, 2.45) is 5.92 Å². The van der Waals surface area contributed by atoms with Crippen LogP contribution in [0, 0.1) is 5.92 Å². The summed E-state index contributed by atoms with van der Waals surface area (Å²) in [6, 6.07) is 3.64. The van der Waals surface area contributed by atoms with Crippen LogP contribution in [0.15, 0.2) is 24.5 Å². The molecule has 0 bridgehead atoms. The Morgan fingerprint density at radius 2 is 2.35 bits per heavy atom. The van der Waals surface area contributed by atoms with Crippen LogP contribution in [0.5, 0.6) is 0 Å². The van der Waals surface area contributed by atoms with Crippen LogP contribution >= 0.6 is 0 Å². The van der Waals surface area contributed by atoms with Crippen LogP contribution in [0.1, 0.15) is 30.6 Å². The third-order valence-electron chi connectivity index (χ3n) is 3.26. The zero-order chi connectivity index (χ0) is 12.4. The topological polar surface area (TPSA) is 53.4 Å². The molecule has 1 N–H and O–H groups in total. The first-order chi connectivity index (χ1) is 8.09. The lowest BCUT2D eigenvalue weighted by molar-refractivity contribution is 0.0685. The van der Waals surface area contributed by atoms with Crippen molar-refractivity contribution < 1.29 is 9.90 Å². The Bertz CT molecular complexity index is 392. The van der Waals surface area contributed by atoms with E-state index in [0.29, 0.717) is 24.4 Å². The van der Waals surface area contributed by atoms with Gasteiger partial charge in [0.25, 0.3) is 5.91 Å². The molecule has 1 aliphatic heterocycles. The van der Waals surface area contributed by atoms with Crippen molar-refractivity contribution in [3.05, 3.63) is 30.1 Å². The molecule has 2 atom stereocenters. The highest BCUT2D eigenvalue weighted by Gasteiger charge is 2.36. The van der Waals surface area contributed by atoms with Gasteiger partial charge in [0, 0.05) is 25.0 Å². The summed E-state index contributed by atoms with van der Waals surface area (Å²) >= 11 is 0. The number of hydrogen-bond donors (Lipinski definition) is 1. The molecule has 1 aromatic heterocycles. The van der Waals surface area contributed by atoms with Gasteiger partial charge >= 0.3 is 0 Å². The molecule has 4 heteroatoms. The van der Waals surface area contributed by atoms with Gasteiger partial charge in [0.05, 0.1) is 11.7 Å². The number of β-amino-alcohol motifs (C(OH)–C–C–N with tert-alkyl or cyclic N) is 1. The number of aromatic nitrogens is 1. The number of aliphatic hydroxyl groups is 1. The molecule has 2 rings (SSSR count). The van der Waals surface area contributed by atoms with Gasteiger partial charge in [0.15, 0.2) is 0 Å². The Kier molecular flexibility index (Phi) is 3.43. The van der Waals surface area contributed by atoms with Crippen molar-refractivity contribution in [3.8, 4) is 0 Å². The minimum absolute atomic E-state index is 0.0339. The van der Waals surface area contributed by atoms with Gasteiger partial charge < -0.3 is 10.0 Å². The first-order valence-corrected chi connectivity index (χ1v) is 5.98. The summed E-state index contributed by atoms with van der Waals surface area (Å²) in [6.07, 6.45) is 3.49. The lowest BCUT2D eigenvalue weighted by atomic mass is 10.0. The van der Waals surface area contributed by atoms with Crippen molar-refractivity contribution in [1.82, 2.24) is 9.88 Å². The fourth-order valence-electron chi connectivity index (χ4n) is 2.36. The molecule has 0 spiro atoms. The molecule has 1 aromatic rings. The summed E-state index contributed by atoms with van der Waals surface area (Å²) in [4.78, 5) is 18.0. The largest absolute Gasteiger partial charge is 0.391 e. The Hall–Kier alpha value is -1.42. The average molecular weight is 234 g/mol. The van der Waals surface area contributed by atoms with E-state index < -0.39 is 6.10 Å². The van der Waals surface area contributed by atoms with Crippen molar-refractivity contribution in [2.75, 3.05) is 6.54 Å². The molecule has 4 nitrogen and oxygen atoms in total. The Morgan fingerprint density at radius 3 is 2.94 bits per heavy atom. The lowest BCUT2D eigenvalue weighted by Gasteiger charge is -2.27. The van der Waals surface area contributed by atoms with E-state index in [0.717, 1.165) is 0 Å². The number of pyridine rings is 1. The zero-order valence-corrected chi connectivity index (χ0v) is 10.2. The number of carbonyl (C=O) groups is 1. The van der Waals surface area contributed by atoms with E-state index in [-0.39, 0.29) is 11.9 Å². The predicted molar refractivity (Wildman–Crippen MR) is 64.5 cm³/mol. The third-order valence-corrected chi connectivity index (χ3v) is 3.26. The Morgan fingerprint density at radius 1 is 1.59 bits per heavy atom. The second kappa shape index (κ2) is 4.84. The Labute approximate surface area is 101 Å². The smallest absolute Gasteiger partial charge is 0.255 e. The SMILES string of the molecule is CC(C)[C@@H]1C[C@@H](O)CN1C(=O)c1cccnc1. The summed E-state index contributed by atoms with van der Waals surface area (Å²) in [5.41, 5.74) is 0.590. The summed E-state index contributed by atoms with van der Waals surface area (Å²) in [7, 11) is 0. The second-order valence-electron chi connectivity index (χ2n) is 4.90. The van der Waals surface area contributed by atoms with Crippen LogP contribution < -0.4 is 0 Å². The van der Waals surface area contributed by atoms with E-state index in [1.54, 1.807) is 29.4 Å². The van der Waals surface area contributed by atoms with E-state index in [1.807, 2.05) is 0 Å². The molecule has 1 saturated heterocycles. The summed E-state index contributed by atoms with van der Waals surface area (Å²) < 4.78 is 0. The first kappa shape index (κ1) is 12.0. The van der Waals surface area contributed by atoms with Crippen LogP contribution in [0.25, 0.3) is 0 Å². The highest BCUT2D eigenvalue weighted by Crippen LogP contribution is 2.25. The molecule has 0 radical (unpaired) electrons. The molecule has 17 heavy (non-hydrogen) atoms. The van der Waals surface area contributed by atoms with Crippen LogP contribution in [0.4, 0.5) is 0 Å². The van der Waals surface area contributed by atoms with E-state index in [9.17, 15) is 9.90 Å². The van der Waals surface area contributed by atoms with Crippen molar-refractivity contribution >= 4 is 5.91 Å².